The van der Waals surface area contributed by atoms with Gasteiger partial charge in [0, 0.05) is 23.2 Å². The van der Waals surface area contributed by atoms with E-state index in [-0.39, 0.29) is 34.5 Å². The minimum atomic E-state index is -0.732. The predicted molar refractivity (Wildman–Crippen MR) is 152 cm³/mol. The van der Waals surface area contributed by atoms with Crippen LogP contribution in [0.15, 0.2) is 25.3 Å². The lowest BCUT2D eigenvalue weighted by Crippen LogP contribution is -2.57. The number of halogens is 1. The summed E-state index contributed by atoms with van der Waals surface area (Å²) in [6.07, 6.45) is 10.1. The second-order valence-electron chi connectivity index (χ2n) is 10.4. The largest absolute Gasteiger partial charge is 0.465 e. The lowest BCUT2D eigenvalue weighted by molar-refractivity contribution is -0.154. The zero-order chi connectivity index (χ0) is 27.2. The van der Waals surface area contributed by atoms with Crippen molar-refractivity contribution in [2.24, 2.45) is 11.8 Å². The molecule has 9 heteroatoms. The molecule has 7 nitrogen and oxygen atoms in total. The zero-order valence-electron chi connectivity index (χ0n) is 22.3. The van der Waals surface area contributed by atoms with Crippen LogP contribution in [-0.4, -0.2) is 85.9 Å². The van der Waals surface area contributed by atoms with Gasteiger partial charge >= 0.3 is 5.97 Å². The second-order valence-corrected chi connectivity index (χ2v) is 13.1. The number of rotatable bonds is 16. The number of ether oxygens (including phenoxy) is 1. The average molecular weight is 600 g/mol. The zero-order valence-corrected chi connectivity index (χ0v) is 24.7. The number of nitrogens with zero attached hydrogens (tertiary/aromatic N) is 2. The van der Waals surface area contributed by atoms with E-state index in [4.69, 9.17) is 4.74 Å². The summed E-state index contributed by atoms with van der Waals surface area (Å²) in [6, 6.07) is -1.21. The van der Waals surface area contributed by atoms with Gasteiger partial charge in [-0.25, -0.2) is 0 Å². The van der Waals surface area contributed by atoms with Crippen LogP contribution < -0.4 is 0 Å². The summed E-state index contributed by atoms with van der Waals surface area (Å²) in [6.45, 7) is 12.7. The molecule has 2 bridgehead atoms. The molecule has 3 aliphatic rings. The number of likely N-dealkylation sites (tertiary alicyclic amines) is 1. The van der Waals surface area contributed by atoms with Crippen molar-refractivity contribution in [2.75, 3.05) is 26.3 Å². The minimum absolute atomic E-state index is 0.00253. The van der Waals surface area contributed by atoms with Crippen molar-refractivity contribution in [3.8, 4) is 0 Å². The summed E-state index contributed by atoms with van der Waals surface area (Å²) >= 11 is 5.39. The third-order valence-corrected chi connectivity index (χ3v) is 11.3. The number of fused-ring (bicyclic) bond motifs is 1. The number of hydrogen-bond acceptors (Lipinski definition) is 6. The van der Waals surface area contributed by atoms with E-state index in [1.807, 2.05) is 13.0 Å². The van der Waals surface area contributed by atoms with Gasteiger partial charge in [0.05, 0.1) is 35.8 Å². The fourth-order valence-electron chi connectivity index (χ4n) is 6.26. The molecule has 37 heavy (non-hydrogen) atoms. The van der Waals surface area contributed by atoms with Crippen molar-refractivity contribution in [3.63, 3.8) is 0 Å². The van der Waals surface area contributed by atoms with E-state index in [2.05, 4.69) is 36.0 Å². The smallest absolute Gasteiger partial charge is 0.310 e. The molecule has 3 unspecified atom stereocenters. The number of unbranched alkanes of at least 4 members (excludes halogenated alkanes) is 4. The van der Waals surface area contributed by atoms with Gasteiger partial charge in [-0.1, -0.05) is 54.8 Å². The molecule has 208 valence electrons. The second kappa shape index (κ2) is 13.7. The van der Waals surface area contributed by atoms with Gasteiger partial charge in [-0.15, -0.1) is 24.9 Å². The first kappa shape index (κ1) is 30.2. The summed E-state index contributed by atoms with van der Waals surface area (Å²) in [5.41, 5.74) is 0. The molecule has 0 aromatic rings. The Morgan fingerprint density at radius 2 is 2.03 bits per heavy atom. The van der Waals surface area contributed by atoms with Gasteiger partial charge in [0.2, 0.25) is 11.8 Å². The van der Waals surface area contributed by atoms with Crippen LogP contribution in [0.25, 0.3) is 0 Å². The van der Waals surface area contributed by atoms with Crippen LogP contribution in [0.3, 0.4) is 0 Å². The van der Waals surface area contributed by atoms with Crippen molar-refractivity contribution in [3.05, 3.63) is 25.3 Å². The normalized spacial score (nSPS) is 30.8. The van der Waals surface area contributed by atoms with Crippen molar-refractivity contribution < 1.29 is 24.2 Å². The van der Waals surface area contributed by atoms with Crippen LogP contribution in [0, 0.1) is 11.8 Å². The first-order chi connectivity index (χ1) is 17.8. The van der Waals surface area contributed by atoms with Crippen LogP contribution >= 0.6 is 27.7 Å². The van der Waals surface area contributed by atoms with E-state index in [1.54, 1.807) is 27.6 Å². The van der Waals surface area contributed by atoms with Crippen LogP contribution in [0.5, 0.6) is 0 Å². The highest BCUT2D eigenvalue weighted by molar-refractivity contribution is 9.09. The van der Waals surface area contributed by atoms with Gasteiger partial charge in [0.15, 0.2) is 0 Å². The van der Waals surface area contributed by atoms with Crippen LogP contribution in [0.2, 0.25) is 0 Å². The van der Waals surface area contributed by atoms with Gasteiger partial charge in [0.1, 0.15) is 6.04 Å². The monoisotopic (exact) mass is 598 g/mol. The number of carbonyl (C=O) groups is 3. The Hall–Kier alpha value is -1.32. The molecule has 3 saturated heterocycles. The van der Waals surface area contributed by atoms with Crippen molar-refractivity contribution in [1.82, 2.24) is 9.80 Å². The molecule has 3 rings (SSSR count). The van der Waals surface area contributed by atoms with Crippen LogP contribution in [0.1, 0.15) is 65.2 Å². The Balaban J connectivity index is 1.95. The quantitative estimate of drug-likeness (QED) is 0.123. The van der Waals surface area contributed by atoms with E-state index in [0.29, 0.717) is 32.5 Å². The van der Waals surface area contributed by atoms with Crippen LogP contribution in [0.4, 0.5) is 0 Å². The van der Waals surface area contributed by atoms with Crippen molar-refractivity contribution in [2.45, 2.75) is 92.1 Å². The van der Waals surface area contributed by atoms with Gasteiger partial charge in [0.25, 0.3) is 0 Å². The first-order valence-electron chi connectivity index (χ1n) is 13.7. The molecule has 1 spiro atoms. The summed E-state index contributed by atoms with van der Waals surface area (Å²) in [5.74, 6) is -1.90. The third kappa shape index (κ3) is 5.83. The number of hydrogen-bond donors (Lipinski definition) is 1. The summed E-state index contributed by atoms with van der Waals surface area (Å²) in [4.78, 5) is 45.2. The lowest BCUT2D eigenvalue weighted by atomic mass is 9.71. The van der Waals surface area contributed by atoms with Crippen molar-refractivity contribution in [1.29, 1.82) is 0 Å². The molecule has 3 heterocycles. The Labute approximate surface area is 234 Å². The van der Waals surface area contributed by atoms with E-state index in [1.165, 1.54) is 0 Å². The number of aliphatic hydroxyl groups is 1. The molecule has 0 radical (unpaired) electrons. The number of amides is 2. The predicted octanol–water partition coefficient (Wildman–Crippen LogP) is 4.33. The average Bonchev–Trinajstić information content (AvgIpc) is 3.47. The molecule has 3 aliphatic heterocycles. The highest BCUT2D eigenvalue weighted by Gasteiger charge is 2.76. The van der Waals surface area contributed by atoms with E-state index >= 15 is 0 Å². The SMILES string of the molecule is C=CCCCCOC(=O)[C@H]1[C@H]2C(=O)N([C@@H](CC)CO)C(C(=O)N(CC=C)CCCCC)C23CC(Br)[C@@H]1S3. The highest BCUT2D eigenvalue weighted by atomic mass is 79.9. The summed E-state index contributed by atoms with van der Waals surface area (Å²) < 4.78 is 4.96. The number of carbonyl (C=O) groups excluding carboxylic acids is 3. The van der Waals surface area contributed by atoms with E-state index in [0.717, 1.165) is 38.5 Å². The summed E-state index contributed by atoms with van der Waals surface area (Å²) in [5, 5.41) is 10.1. The molecule has 0 aromatic carbocycles. The lowest BCUT2D eigenvalue weighted by Gasteiger charge is -2.39. The molecular weight excluding hydrogens is 556 g/mol. The number of allylic oxidation sites excluding steroid dienone is 1. The fourth-order valence-corrected chi connectivity index (χ4v) is 9.84. The molecule has 2 amide bonds. The van der Waals surface area contributed by atoms with E-state index < -0.39 is 28.7 Å². The molecule has 0 aromatic heterocycles. The van der Waals surface area contributed by atoms with Crippen molar-refractivity contribution >= 4 is 45.5 Å². The third-order valence-electron chi connectivity index (χ3n) is 8.05. The number of esters is 1. The van der Waals surface area contributed by atoms with Crippen LogP contribution in [-0.2, 0) is 19.1 Å². The number of thioether (sulfide) groups is 1. The Morgan fingerprint density at radius 1 is 1.27 bits per heavy atom. The first-order valence-corrected chi connectivity index (χ1v) is 15.5. The van der Waals surface area contributed by atoms with E-state index in [9.17, 15) is 19.5 Å². The Kier molecular flexibility index (Phi) is 11.2. The summed E-state index contributed by atoms with van der Waals surface area (Å²) in [7, 11) is 0. The molecule has 3 fully saturated rings. The number of alkyl halides is 1. The molecular formula is C28H43BrN2O5S. The van der Waals surface area contributed by atoms with Gasteiger partial charge in [-0.2, -0.15) is 0 Å². The highest BCUT2D eigenvalue weighted by Crippen LogP contribution is 2.68. The van der Waals surface area contributed by atoms with Gasteiger partial charge in [-0.3, -0.25) is 14.4 Å². The Bertz CT molecular complexity index is 852. The molecule has 0 saturated carbocycles. The van der Waals surface area contributed by atoms with Gasteiger partial charge in [-0.05, 0) is 38.5 Å². The fraction of sp³-hybridized carbons (Fsp3) is 0.750. The van der Waals surface area contributed by atoms with Gasteiger partial charge < -0.3 is 19.6 Å². The topological polar surface area (TPSA) is 87.1 Å². The number of aliphatic hydroxyl groups excluding tert-OH is 1. The molecule has 7 atom stereocenters. The maximum Gasteiger partial charge on any atom is 0.310 e. The standard InChI is InChI=1S/C28H43BrN2O5S/c1-5-9-11-13-16-36-27(35)21-22-25(33)31(19(8-4)18-32)24(28(22)17-20(29)23(21)37-28)26(34)30(14-7-3)15-12-10-6-2/h5,7,19-24,32H,1,3,6,8-18H2,2,4H3/t19-,20?,21-,22-,23-,24?,28?/m0/s1. The maximum atomic E-state index is 14.3. The molecule has 1 N–H and O–H groups in total. The Morgan fingerprint density at radius 3 is 2.65 bits per heavy atom. The minimum Gasteiger partial charge on any atom is -0.465 e. The maximum absolute atomic E-state index is 14.3. The molecule has 0 aliphatic carbocycles.